The topological polar surface area (TPSA) is 65.5 Å². The quantitative estimate of drug-likeness (QED) is 0.775. The van der Waals surface area contributed by atoms with Crippen LogP contribution in [-0.2, 0) is 10.1 Å². The molecule has 0 saturated carbocycles. The molecule has 1 aromatic heterocycles. The Kier molecular flexibility index (Phi) is 4.79. The molecule has 0 atom stereocenters. The molecule has 1 aromatic carbocycles. The second-order valence-electron chi connectivity index (χ2n) is 4.26. The third kappa shape index (κ3) is 3.79. The molecule has 0 aliphatic heterocycles. The Bertz CT molecular complexity index is 827. The van der Waals surface area contributed by atoms with Gasteiger partial charge in [-0.3, -0.25) is 4.98 Å². The second-order valence-corrected chi connectivity index (χ2v) is 6.64. The van der Waals surface area contributed by atoms with Gasteiger partial charge in [0.05, 0.1) is 35.3 Å². The molecule has 0 amide bonds. The fraction of sp³-hybridized carbons (Fsp3) is 0.154. The molecule has 118 valence electrons. The van der Waals surface area contributed by atoms with E-state index in [-0.39, 0.29) is 32.8 Å². The first kappa shape index (κ1) is 16.8. The summed E-state index contributed by atoms with van der Waals surface area (Å²) < 4.78 is 45.8. The third-order valence-corrected chi connectivity index (χ3v) is 3.64. The molecule has 0 N–H and O–H groups in total. The van der Waals surface area contributed by atoms with Gasteiger partial charge in [-0.1, -0.05) is 23.2 Å². The Morgan fingerprint density at radius 3 is 2.41 bits per heavy atom. The average molecular weight is 366 g/mol. The van der Waals surface area contributed by atoms with Gasteiger partial charge in [0.1, 0.15) is 11.6 Å². The largest absolute Gasteiger partial charge is 0.495 e. The van der Waals surface area contributed by atoms with Crippen molar-refractivity contribution in [3.05, 3.63) is 40.3 Å². The minimum absolute atomic E-state index is 0.0180. The van der Waals surface area contributed by atoms with E-state index in [1.165, 1.54) is 19.2 Å². The summed E-state index contributed by atoms with van der Waals surface area (Å²) >= 11 is 11.8. The van der Waals surface area contributed by atoms with Gasteiger partial charge < -0.3 is 8.92 Å². The monoisotopic (exact) mass is 365 g/mol. The predicted octanol–water partition coefficient (Wildman–Crippen LogP) is 3.54. The Balaban J connectivity index is 2.50. The van der Waals surface area contributed by atoms with Crippen LogP contribution in [0.2, 0.25) is 10.0 Å². The normalized spacial score (nSPS) is 11.3. The highest BCUT2D eigenvalue weighted by Crippen LogP contribution is 2.36. The zero-order valence-corrected chi connectivity index (χ0v) is 13.8. The molecule has 2 rings (SSSR count). The predicted molar refractivity (Wildman–Crippen MR) is 81.7 cm³/mol. The number of rotatable bonds is 4. The molecule has 5 nitrogen and oxygen atoms in total. The SMILES string of the molecule is COc1cc(-c2ncc(OS(C)(=O)=O)cc2Cl)c(F)cc1Cl. The summed E-state index contributed by atoms with van der Waals surface area (Å²) in [5.74, 6) is -0.457. The van der Waals surface area contributed by atoms with Crippen molar-refractivity contribution < 1.29 is 21.7 Å². The van der Waals surface area contributed by atoms with Gasteiger partial charge in [0.15, 0.2) is 5.75 Å². The molecule has 22 heavy (non-hydrogen) atoms. The van der Waals surface area contributed by atoms with Gasteiger partial charge >= 0.3 is 10.1 Å². The number of benzene rings is 1. The maximum atomic E-state index is 14.0. The summed E-state index contributed by atoms with van der Waals surface area (Å²) in [5, 5.41) is 0.126. The van der Waals surface area contributed by atoms with Gasteiger partial charge in [-0.25, -0.2) is 4.39 Å². The molecule has 1 heterocycles. The third-order valence-electron chi connectivity index (χ3n) is 2.56. The Labute approximate surface area is 136 Å². The number of ether oxygens (including phenoxy) is 1. The Morgan fingerprint density at radius 1 is 1.18 bits per heavy atom. The van der Waals surface area contributed by atoms with Gasteiger partial charge in [-0.2, -0.15) is 8.42 Å². The molecule has 0 spiro atoms. The van der Waals surface area contributed by atoms with Crippen LogP contribution in [0.4, 0.5) is 4.39 Å². The summed E-state index contributed by atoms with van der Waals surface area (Å²) in [6, 6.07) is 3.66. The van der Waals surface area contributed by atoms with Crippen molar-refractivity contribution in [1.82, 2.24) is 4.98 Å². The van der Waals surface area contributed by atoms with E-state index in [1.54, 1.807) is 0 Å². The zero-order valence-electron chi connectivity index (χ0n) is 11.4. The summed E-state index contributed by atoms with van der Waals surface area (Å²) in [4.78, 5) is 3.94. The number of nitrogens with zero attached hydrogens (tertiary/aromatic N) is 1. The van der Waals surface area contributed by atoms with Crippen LogP contribution in [0.5, 0.6) is 11.5 Å². The highest BCUT2D eigenvalue weighted by Gasteiger charge is 2.16. The lowest BCUT2D eigenvalue weighted by atomic mass is 10.1. The van der Waals surface area contributed by atoms with E-state index in [4.69, 9.17) is 27.9 Å². The van der Waals surface area contributed by atoms with Crippen LogP contribution in [-0.4, -0.2) is 26.8 Å². The van der Waals surface area contributed by atoms with Crippen LogP contribution in [0.15, 0.2) is 24.4 Å². The minimum atomic E-state index is -3.71. The van der Waals surface area contributed by atoms with Crippen molar-refractivity contribution in [2.75, 3.05) is 13.4 Å². The van der Waals surface area contributed by atoms with Crippen LogP contribution >= 0.6 is 23.2 Å². The maximum Gasteiger partial charge on any atom is 0.306 e. The molecule has 9 heteroatoms. The van der Waals surface area contributed by atoms with Gasteiger partial charge in [0.25, 0.3) is 0 Å². The molecule has 0 unspecified atom stereocenters. The highest BCUT2D eigenvalue weighted by atomic mass is 35.5. The molecule has 0 aliphatic carbocycles. The summed E-state index contributed by atoms with van der Waals surface area (Å²) in [5.41, 5.74) is 0.173. The van der Waals surface area contributed by atoms with Crippen molar-refractivity contribution in [3.8, 4) is 22.8 Å². The second kappa shape index (κ2) is 6.28. The summed E-state index contributed by atoms with van der Waals surface area (Å²) in [6.07, 6.45) is 2.02. The van der Waals surface area contributed by atoms with E-state index in [0.717, 1.165) is 18.5 Å². The summed E-state index contributed by atoms with van der Waals surface area (Å²) in [7, 11) is -2.32. The Morgan fingerprint density at radius 2 is 1.86 bits per heavy atom. The van der Waals surface area contributed by atoms with Crippen molar-refractivity contribution in [2.45, 2.75) is 0 Å². The van der Waals surface area contributed by atoms with Crippen molar-refractivity contribution in [1.29, 1.82) is 0 Å². The summed E-state index contributed by atoms with van der Waals surface area (Å²) in [6.45, 7) is 0. The van der Waals surface area contributed by atoms with Crippen LogP contribution < -0.4 is 8.92 Å². The number of halogens is 3. The van der Waals surface area contributed by atoms with Gasteiger partial charge in [0, 0.05) is 11.6 Å². The standard InChI is InChI=1S/C13H10Cl2FNO4S/c1-20-12-4-8(11(16)5-9(12)14)13-10(15)3-7(6-17-13)21-22(2,18)19/h3-6H,1-2H3. The van der Waals surface area contributed by atoms with Crippen LogP contribution in [0.1, 0.15) is 0 Å². The maximum absolute atomic E-state index is 14.0. The van der Waals surface area contributed by atoms with E-state index >= 15 is 0 Å². The molecule has 0 bridgehead atoms. The molecule has 0 saturated heterocycles. The average Bonchev–Trinajstić information content (AvgIpc) is 2.38. The number of hydrogen-bond donors (Lipinski definition) is 0. The van der Waals surface area contributed by atoms with Gasteiger partial charge in [-0.05, 0) is 12.1 Å². The van der Waals surface area contributed by atoms with Crippen molar-refractivity contribution in [3.63, 3.8) is 0 Å². The molecular weight excluding hydrogens is 356 g/mol. The Hall–Kier alpha value is -1.57. The van der Waals surface area contributed by atoms with E-state index in [2.05, 4.69) is 9.17 Å². The van der Waals surface area contributed by atoms with E-state index in [1.807, 2.05) is 0 Å². The fourth-order valence-electron chi connectivity index (χ4n) is 1.71. The molecule has 0 fully saturated rings. The van der Waals surface area contributed by atoms with Gasteiger partial charge in [0.2, 0.25) is 0 Å². The van der Waals surface area contributed by atoms with E-state index < -0.39 is 15.9 Å². The van der Waals surface area contributed by atoms with Crippen molar-refractivity contribution in [2.24, 2.45) is 0 Å². The first-order chi connectivity index (χ1) is 10.2. The lowest BCUT2D eigenvalue weighted by Gasteiger charge is -2.10. The smallest absolute Gasteiger partial charge is 0.306 e. The molecule has 2 aromatic rings. The van der Waals surface area contributed by atoms with Gasteiger partial charge in [-0.15, -0.1) is 0 Å². The molecule has 0 aliphatic rings. The molecule has 0 radical (unpaired) electrons. The minimum Gasteiger partial charge on any atom is -0.495 e. The number of hydrogen-bond acceptors (Lipinski definition) is 5. The lowest BCUT2D eigenvalue weighted by Crippen LogP contribution is -2.06. The van der Waals surface area contributed by atoms with E-state index in [9.17, 15) is 12.8 Å². The van der Waals surface area contributed by atoms with Crippen LogP contribution in [0, 0.1) is 5.82 Å². The number of methoxy groups -OCH3 is 1. The fourth-order valence-corrected chi connectivity index (χ4v) is 2.63. The number of aromatic nitrogens is 1. The first-order valence-electron chi connectivity index (χ1n) is 5.79. The lowest BCUT2D eigenvalue weighted by molar-refractivity contribution is 0.414. The highest BCUT2D eigenvalue weighted by molar-refractivity contribution is 7.86. The van der Waals surface area contributed by atoms with Crippen molar-refractivity contribution >= 4 is 33.3 Å². The zero-order chi connectivity index (χ0) is 16.5. The number of pyridine rings is 1. The first-order valence-corrected chi connectivity index (χ1v) is 8.37. The van der Waals surface area contributed by atoms with E-state index in [0.29, 0.717) is 0 Å². The van der Waals surface area contributed by atoms with Crippen LogP contribution in [0.25, 0.3) is 11.3 Å². The van der Waals surface area contributed by atoms with Crippen LogP contribution in [0.3, 0.4) is 0 Å². The molecular formula is C13H10Cl2FNO4S.